The van der Waals surface area contributed by atoms with Crippen molar-refractivity contribution in [1.29, 1.82) is 0 Å². The normalized spacial score (nSPS) is 19.8. The van der Waals surface area contributed by atoms with Crippen LogP contribution in [0, 0.1) is 11.6 Å². The lowest BCUT2D eigenvalue weighted by Gasteiger charge is -2.29. The van der Waals surface area contributed by atoms with Crippen LogP contribution in [0.15, 0.2) is 40.9 Å². The number of hydrogen-bond acceptors (Lipinski definition) is 3. The third-order valence-electron chi connectivity index (χ3n) is 3.77. The highest BCUT2D eigenvalue weighted by molar-refractivity contribution is 9.10. The Morgan fingerprint density at radius 3 is 2.25 bits per heavy atom. The fourth-order valence-electron chi connectivity index (χ4n) is 2.74. The molecule has 3 rings (SSSR count). The van der Waals surface area contributed by atoms with E-state index in [2.05, 4.69) is 26.6 Å². The highest BCUT2D eigenvalue weighted by atomic mass is 79.9. The van der Waals surface area contributed by atoms with Crippen molar-refractivity contribution in [3.8, 4) is 5.75 Å². The molecule has 5 nitrogen and oxygen atoms in total. The summed E-state index contributed by atoms with van der Waals surface area (Å²) >= 11 is 3.25. The van der Waals surface area contributed by atoms with Crippen LogP contribution in [0.1, 0.15) is 11.1 Å². The maximum atomic E-state index is 13.8. The first-order valence-electron chi connectivity index (χ1n) is 6.81. The average Bonchev–Trinajstić information content (AvgIpc) is 2.85. The molecule has 1 heterocycles. The maximum Gasteiger partial charge on any atom is 0.322 e. The van der Waals surface area contributed by atoms with Crippen molar-refractivity contribution in [3.05, 3.63) is 63.6 Å². The molecule has 0 spiro atoms. The number of rotatable bonds is 3. The van der Waals surface area contributed by atoms with Crippen LogP contribution < -0.4 is 15.4 Å². The molecule has 1 unspecified atom stereocenters. The van der Waals surface area contributed by atoms with Gasteiger partial charge < -0.3 is 10.1 Å². The third kappa shape index (κ3) is 2.43. The zero-order chi connectivity index (χ0) is 17.5. The molecule has 1 saturated heterocycles. The molecule has 2 N–H and O–H groups in total. The number of benzene rings is 2. The van der Waals surface area contributed by atoms with Gasteiger partial charge in [0.1, 0.15) is 17.4 Å². The molecule has 1 atom stereocenters. The number of urea groups is 1. The van der Waals surface area contributed by atoms with Gasteiger partial charge in [0.05, 0.1) is 7.11 Å². The van der Waals surface area contributed by atoms with Crippen LogP contribution in [-0.4, -0.2) is 19.0 Å². The van der Waals surface area contributed by atoms with Gasteiger partial charge in [0, 0.05) is 15.6 Å². The number of ether oxygens (including phenoxy) is 1. The Labute approximate surface area is 144 Å². The molecule has 2 aromatic rings. The number of hydrogen-bond donors (Lipinski definition) is 2. The second-order valence-corrected chi connectivity index (χ2v) is 5.98. The largest absolute Gasteiger partial charge is 0.496 e. The van der Waals surface area contributed by atoms with E-state index >= 15 is 0 Å². The standard InChI is InChI=1S/C16H11BrF2N2O3/c1-24-13-5-3-9(19)7-11(13)16(14(22)20-15(23)21-16)10-6-8(18)2-4-12(10)17/h2-7H,1H3,(H2,20,21,22,23). The van der Waals surface area contributed by atoms with Crippen LogP contribution >= 0.6 is 15.9 Å². The second-order valence-electron chi connectivity index (χ2n) is 5.13. The molecule has 0 radical (unpaired) electrons. The molecule has 0 aliphatic carbocycles. The van der Waals surface area contributed by atoms with Crippen molar-refractivity contribution in [3.63, 3.8) is 0 Å². The van der Waals surface area contributed by atoms with Gasteiger partial charge in [0.25, 0.3) is 5.91 Å². The summed E-state index contributed by atoms with van der Waals surface area (Å²) in [7, 11) is 1.35. The molecule has 124 valence electrons. The summed E-state index contributed by atoms with van der Waals surface area (Å²) in [5.74, 6) is -1.84. The summed E-state index contributed by atoms with van der Waals surface area (Å²) in [5.41, 5.74) is -1.65. The Morgan fingerprint density at radius 2 is 1.67 bits per heavy atom. The third-order valence-corrected chi connectivity index (χ3v) is 4.46. The first-order chi connectivity index (χ1) is 11.4. The van der Waals surface area contributed by atoms with E-state index in [0.717, 1.165) is 18.2 Å². The molecule has 2 aromatic carbocycles. The highest BCUT2D eigenvalue weighted by Crippen LogP contribution is 2.41. The number of carbonyl (C=O) groups is 2. The summed E-state index contributed by atoms with van der Waals surface area (Å²) in [6.07, 6.45) is 0. The molecular weight excluding hydrogens is 386 g/mol. The van der Waals surface area contributed by atoms with E-state index in [1.54, 1.807) is 0 Å². The van der Waals surface area contributed by atoms with Gasteiger partial charge in [-0.15, -0.1) is 0 Å². The molecule has 1 fully saturated rings. The smallest absolute Gasteiger partial charge is 0.322 e. The van der Waals surface area contributed by atoms with Crippen LogP contribution in [0.4, 0.5) is 13.6 Å². The SMILES string of the molecule is COc1ccc(F)cc1C1(c2cc(F)ccc2Br)NC(=O)NC1=O. The number of methoxy groups -OCH3 is 1. The molecule has 0 aromatic heterocycles. The minimum atomic E-state index is -1.83. The maximum absolute atomic E-state index is 13.8. The highest BCUT2D eigenvalue weighted by Gasteiger charge is 2.52. The van der Waals surface area contributed by atoms with Gasteiger partial charge in [-0.2, -0.15) is 0 Å². The van der Waals surface area contributed by atoms with Crippen LogP contribution in [0.2, 0.25) is 0 Å². The second kappa shape index (κ2) is 5.86. The molecule has 1 aliphatic heterocycles. The number of imide groups is 1. The topological polar surface area (TPSA) is 67.4 Å². The van der Waals surface area contributed by atoms with Gasteiger partial charge in [0.15, 0.2) is 5.54 Å². The molecular formula is C16H11BrF2N2O3. The minimum Gasteiger partial charge on any atom is -0.496 e. The van der Waals surface area contributed by atoms with Crippen molar-refractivity contribution in [1.82, 2.24) is 10.6 Å². The summed E-state index contributed by atoms with van der Waals surface area (Å²) in [6.45, 7) is 0. The molecule has 24 heavy (non-hydrogen) atoms. The number of halogens is 3. The predicted octanol–water partition coefficient (Wildman–Crippen LogP) is 2.82. The van der Waals surface area contributed by atoms with E-state index in [1.165, 1.54) is 25.3 Å². The number of nitrogens with one attached hydrogen (secondary N) is 2. The van der Waals surface area contributed by atoms with Crippen molar-refractivity contribution < 1.29 is 23.1 Å². The first-order valence-corrected chi connectivity index (χ1v) is 7.61. The zero-order valence-corrected chi connectivity index (χ0v) is 13.9. The molecule has 8 heteroatoms. The van der Waals surface area contributed by atoms with Crippen molar-refractivity contribution >= 4 is 27.9 Å². The first kappa shape index (κ1) is 16.4. The molecule has 0 bridgehead atoms. The molecule has 1 aliphatic rings. The van der Waals surface area contributed by atoms with Gasteiger partial charge >= 0.3 is 6.03 Å². The number of carbonyl (C=O) groups excluding carboxylic acids is 2. The lowest BCUT2D eigenvalue weighted by molar-refractivity contribution is -0.123. The van der Waals surface area contributed by atoms with E-state index in [9.17, 15) is 18.4 Å². The van der Waals surface area contributed by atoms with Crippen LogP contribution in [-0.2, 0) is 10.3 Å². The quantitative estimate of drug-likeness (QED) is 0.783. The van der Waals surface area contributed by atoms with E-state index in [-0.39, 0.29) is 16.9 Å². The van der Waals surface area contributed by atoms with Gasteiger partial charge in [-0.1, -0.05) is 15.9 Å². The summed E-state index contributed by atoms with van der Waals surface area (Å²) in [4.78, 5) is 24.4. The van der Waals surface area contributed by atoms with Crippen molar-refractivity contribution in [2.45, 2.75) is 5.54 Å². The molecule has 0 saturated carbocycles. The Bertz CT molecular complexity index is 859. The fourth-order valence-corrected chi connectivity index (χ4v) is 3.28. The Morgan fingerprint density at radius 1 is 1.04 bits per heavy atom. The van der Waals surface area contributed by atoms with Crippen LogP contribution in [0.25, 0.3) is 0 Å². The number of amides is 3. The summed E-state index contributed by atoms with van der Waals surface area (Å²) in [6, 6.07) is 6.47. The van der Waals surface area contributed by atoms with E-state index in [0.29, 0.717) is 4.47 Å². The van der Waals surface area contributed by atoms with Crippen LogP contribution in [0.3, 0.4) is 0 Å². The monoisotopic (exact) mass is 396 g/mol. The van der Waals surface area contributed by atoms with E-state index < -0.39 is 29.1 Å². The van der Waals surface area contributed by atoms with E-state index in [1.807, 2.05) is 0 Å². The Balaban J connectivity index is 2.37. The van der Waals surface area contributed by atoms with Gasteiger partial charge in [-0.05, 0) is 36.4 Å². The van der Waals surface area contributed by atoms with Gasteiger partial charge in [-0.3, -0.25) is 10.1 Å². The summed E-state index contributed by atoms with van der Waals surface area (Å²) < 4.78 is 33.2. The lowest BCUT2D eigenvalue weighted by atomic mass is 9.82. The Hall–Kier alpha value is -2.48. The zero-order valence-electron chi connectivity index (χ0n) is 12.3. The van der Waals surface area contributed by atoms with E-state index in [4.69, 9.17) is 4.74 Å². The molecule has 3 amide bonds. The summed E-state index contributed by atoms with van der Waals surface area (Å²) in [5, 5.41) is 4.59. The van der Waals surface area contributed by atoms with Gasteiger partial charge in [0.2, 0.25) is 0 Å². The van der Waals surface area contributed by atoms with Crippen LogP contribution in [0.5, 0.6) is 5.75 Å². The minimum absolute atomic E-state index is 0.0552. The Kier molecular flexibility index (Phi) is 4.00. The van der Waals surface area contributed by atoms with Crippen molar-refractivity contribution in [2.24, 2.45) is 0 Å². The fraction of sp³-hybridized carbons (Fsp3) is 0.125. The average molecular weight is 397 g/mol. The van der Waals surface area contributed by atoms with Gasteiger partial charge in [-0.25, -0.2) is 13.6 Å². The van der Waals surface area contributed by atoms with Crippen molar-refractivity contribution in [2.75, 3.05) is 7.11 Å². The lowest BCUT2D eigenvalue weighted by Crippen LogP contribution is -2.45. The predicted molar refractivity (Wildman–Crippen MR) is 84.5 cm³/mol.